The lowest BCUT2D eigenvalue weighted by molar-refractivity contribution is 0.0698. The number of carbonyl (C=O) groups excluding carboxylic acids is 1. The van der Waals surface area contributed by atoms with Crippen molar-refractivity contribution in [3.63, 3.8) is 0 Å². The molecule has 0 saturated carbocycles. The Morgan fingerprint density at radius 3 is 2.93 bits per heavy atom. The summed E-state index contributed by atoms with van der Waals surface area (Å²) in [5.41, 5.74) is 0.456. The molecule has 0 atom stereocenters. The summed E-state index contributed by atoms with van der Waals surface area (Å²) in [6.45, 7) is 0. The average Bonchev–Trinajstić information content (AvgIpc) is 2.64. The van der Waals surface area contributed by atoms with Gasteiger partial charge in [-0.15, -0.1) is 0 Å². The molecule has 0 saturated heterocycles. The summed E-state index contributed by atoms with van der Waals surface area (Å²) in [7, 11) is 0. The van der Waals surface area contributed by atoms with Gasteiger partial charge in [0.05, 0.1) is 0 Å². The summed E-state index contributed by atoms with van der Waals surface area (Å²) < 4.78 is 1.19. The Balaban J connectivity index is 2.84. The fourth-order valence-corrected chi connectivity index (χ4v) is 1.18. The summed E-state index contributed by atoms with van der Waals surface area (Å²) in [5.74, 6) is -1.10. The van der Waals surface area contributed by atoms with Crippen LogP contribution in [0.3, 0.4) is 0 Å². The molecule has 2 aromatic heterocycles. The number of fused-ring (bicyclic) bond motifs is 1. The second-order valence-electron chi connectivity index (χ2n) is 2.59. The van der Waals surface area contributed by atoms with Crippen molar-refractivity contribution >= 4 is 17.9 Å². The molecular weight excluding hydrogens is 186 g/mol. The molecule has 6 nitrogen and oxygen atoms in total. The maximum atomic E-state index is 10.7. The Kier molecular flexibility index (Phi) is 1.74. The number of hydrogen-bond donors (Lipinski definition) is 1. The van der Waals surface area contributed by atoms with Gasteiger partial charge in [0.1, 0.15) is 17.6 Å². The lowest BCUT2D eigenvalue weighted by Crippen LogP contribution is -2.04. The largest absolute Gasteiger partial charge is 0.478 e. The van der Waals surface area contributed by atoms with E-state index in [1.54, 1.807) is 0 Å². The van der Waals surface area contributed by atoms with Gasteiger partial charge in [0.25, 0.3) is 0 Å². The molecular formula is C8H5N3O3. The highest BCUT2D eigenvalue weighted by Gasteiger charge is 2.12. The van der Waals surface area contributed by atoms with E-state index in [1.165, 1.54) is 23.0 Å². The van der Waals surface area contributed by atoms with Crippen molar-refractivity contribution in [3.8, 4) is 0 Å². The molecule has 0 fully saturated rings. The maximum Gasteiger partial charge on any atom is 0.339 e. The zero-order valence-corrected chi connectivity index (χ0v) is 6.91. The number of aromatic nitrogens is 3. The van der Waals surface area contributed by atoms with E-state index in [2.05, 4.69) is 10.1 Å². The monoisotopic (exact) mass is 191 g/mol. The second kappa shape index (κ2) is 2.91. The van der Waals surface area contributed by atoms with Crippen molar-refractivity contribution in [2.24, 2.45) is 0 Å². The number of carbonyl (C=O) groups is 2. The fourth-order valence-electron chi connectivity index (χ4n) is 1.18. The summed E-state index contributed by atoms with van der Waals surface area (Å²) in [6, 6.07) is 2.72. The zero-order valence-electron chi connectivity index (χ0n) is 6.91. The van der Waals surface area contributed by atoms with Crippen molar-refractivity contribution < 1.29 is 14.7 Å². The minimum atomic E-state index is -1.10. The van der Waals surface area contributed by atoms with Gasteiger partial charge in [-0.25, -0.2) is 14.3 Å². The van der Waals surface area contributed by atoms with Gasteiger partial charge in [0, 0.05) is 0 Å². The fraction of sp³-hybridized carbons (Fsp3) is 0. The molecule has 0 aliphatic carbocycles. The first kappa shape index (κ1) is 8.36. The highest BCUT2D eigenvalue weighted by atomic mass is 16.4. The van der Waals surface area contributed by atoms with Gasteiger partial charge in [0.2, 0.25) is 0 Å². The highest BCUT2D eigenvalue weighted by molar-refractivity contribution is 5.95. The predicted molar refractivity (Wildman–Crippen MR) is 45.3 cm³/mol. The van der Waals surface area contributed by atoms with Gasteiger partial charge < -0.3 is 5.11 Å². The zero-order chi connectivity index (χ0) is 10.1. The first-order chi connectivity index (χ1) is 6.74. The van der Waals surface area contributed by atoms with Crippen LogP contribution in [0, 0.1) is 0 Å². The van der Waals surface area contributed by atoms with Crippen molar-refractivity contribution in [3.05, 3.63) is 29.7 Å². The van der Waals surface area contributed by atoms with E-state index in [4.69, 9.17) is 5.11 Å². The normalized spacial score (nSPS) is 10.3. The van der Waals surface area contributed by atoms with Crippen molar-refractivity contribution in [2.75, 3.05) is 0 Å². The van der Waals surface area contributed by atoms with Crippen LogP contribution in [-0.4, -0.2) is 32.0 Å². The number of aromatic carboxylic acids is 1. The topological polar surface area (TPSA) is 84.6 Å². The second-order valence-corrected chi connectivity index (χ2v) is 2.59. The first-order valence-corrected chi connectivity index (χ1v) is 3.75. The Bertz CT molecular complexity index is 518. The van der Waals surface area contributed by atoms with Gasteiger partial charge >= 0.3 is 5.97 Å². The molecule has 70 valence electrons. The molecule has 2 heterocycles. The molecule has 0 bridgehead atoms. The molecule has 2 rings (SSSR count). The van der Waals surface area contributed by atoms with E-state index in [0.29, 0.717) is 6.29 Å². The summed E-state index contributed by atoms with van der Waals surface area (Å²) in [5, 5.41) is 12.5. The van der Waals surface area contributed by atoms with Crippen LogP contribution in [0.2, 0.25) is 0 Å². The molecule has 2 aromatic rings. The average molecular weight is 191 g/mol. The van der Waals surface area contributed by atoms with Crippen LogP contribution in [0.5, 0.6) is 0 Å². The molecule has 0 spiro atoms. The van der Waals surface area contributed by atoms with E-state index in [9.17, 15) is 9.59 Å². The van der Waals surface area contributed by atoms with Gasteiger partial charge in [-0.1, -0.05) is 0 Å². The van der Waals surface area contributed by atoms with E-state index >= 15 is 0 Å². The van der Waals surface area contributed by atoms with E-state index in [1.807, 2.05) is 0 Å². The number of nitrogens with zero attached hydrogens (tertiary/aromatic N) is 3. The van der Waals surface area contributed by atoms with Crippen LogP contribution in [0.25, 0.3) is 5.65 Å². The third kappa shape index (κ3) is 1.05. The summed E-state index contributed by atoms with van der Waals surface area (Å²) in [4.78, 5) is 25.1. The minimum Gasteiger partial charge on any atom is -0.478 e. The lowest BCUT2D eigenvalue weighted by atomic mass is 10.2. The summed E-state index contributed by atoms with van der Waals surface area (Å²) in [6.07, 6.45) is 1.79. The smallest absolute Gasteiger partial charge is 0.339 e. The lowest BCUT2D eigenvalue weighted by Gasteiger charge is -1.99. The van der Waals surface area contributed by atoms with Crippen LogP contribution in [0.1, 0.15) is 20.8 Å². The third-order valence-electron chi connectivity index (χ3n) is 1.81. The molecule has 0 unspecified atom stereocenters. The van der Waals surface area contributed by atoms with Crippen molar-refractivity contribution in [1.82, 2.24) is 14.6 Å². The summed E-state index contributed by atoms with van der Waals surface area (Å²) >= 11 is 0. The van der Waals surface area contributed by atoms with Gasteiger partial charge in [0.15, 0.2) is 11.9 Å². The van der Waals surface area contributed by atoms with E-state index in [0.717, 1.165) is 0 Å². The Labute approximate surface area is 77.8 Å². The molecule has 14 heavy (non-hydrogen) atoms. The van der Waals surface area contributed by atoms with Crippen LogP contribution in [-0.2, 0) is 0 Å². The quantitative estimate of drug-likeness (QED) is 0.687. The van der Waals surface area contributed by atoms with Crippen LogP contribution in [0.4, 0.5) is 0 Å². The Morgan fingerprint density at radius 2 is 2.29 bits per heavy atom. The number of pyridine rings is 1. The minimum absolute atomic E-state index is 0.0214. The Hall–Kier alpha value is -2.24. The predicted octanol–water partition coefficient (Wildman–Crippen LogP) is 0.240. The van der Waals surface area contributed by atoms with Crippen LogP contribution in [0.15, 0.2) is 18.5 Å². The van der Waals surface area contributed by atoms with Gasteiger partial charge in [-0.2, -0.15) is 5.10 Å². The maximum absolute atomic E-state index is 10.7. The van der Waals surface area contributed by atoms with Crippen molar-refractivity contribution in [1.29, 1.82) is 0 Å². The van der Waals surface area contributed by atoms with Gasteiger partial charge in [-0.05, 0) is 12.1 Å². The number of rotatable bonds is 2. The first-order valence-electron chi connectivity index (χ1n) is 3.75. The molecule has 0 radical (unpaired) electrons. The molecule has 0 aliphatic rings. The van der Waals surface area contributed by atoms with E-state index < -0.39 is 5.97 Å². The number of carboxylic acid groups (broad SMARTS) is 1. The highest BCUT2D eigenvalue weighted by Crippen LogP contribution is 2.09. The third-order valence-corrected chi connectivity index (χ3v) is 1.81. The number of aldehydes is 1. The van der Waals surface area contributed by atoms with Gasteiger partial charge in [-0.3, -0.25) is 4.79 Å². The number of hydrogen-bond acceptors (Lipinski definition) is 4. The number of carboxylic acids is 1. The Morgan fingerprint density at radius 1 is 1.50 bits per heavy atom. The molecule has 1 N–H and O–H groups in total. The molecule has 6 heteroatoms. The van der Waals surface area contributed by atoms with Crippen molar-refractivity contribution in [2.45, 2.75) is 0 Å². The van der Waals surface area contributed by atoms with Crippen LogP contribution >= 0.6 is 0 Å². The van der Waals surface area contributed by atoms with E-state index in [-0.39, 0.29) is 16.9 Å². The molecule has 0 aliphatic heterocycles. The standard InChI is InChI=1S/C8H5N3O3/c12-3-5-1-2-6(8(13)14)7-9-4-10-11(5)7/h1-4H,(H,13,14). The molecule has 0 amide bonds. The SMILES string of the molecule is O=Cc1ccc(C(=O)O)c2ncnn12. The molecule has 0 aromatic carbocycles. The van der Waals surface area contributed by atoms with Crippen LogP contribution < -0.4 is 0 Å².